The summed E-state index contributed by atoms with van der Waals surface area (Å²) in [5.74, 6) is 1.28. The van der Waals surface area contributed by atoms with Gasteiger partial charge in [0.15, 0.2) is 0 Å². The van der Waals surface area contributed by atoms with Crippen molar-refractivity contribution in [3.63, 3.8) is 0 Å². The zero-order valence-electron chi connectivity index (χ0n) is 8.65. The predicted octanol–water partition coefficient (Wildman–Crippen LogP) is 2.34. The lowest BCUT2D eigenvalue weighted by Crippen LogP contribution is -2.15. The fourth-order valence-electron chi connectivity index (χ4n) is 1.54. The molecule has 3 nitrogen and oxygen atoms in total. The Bertz CT molecular complexity index is 466. The summed E-state index contributed by atoms with van der Waals surface area (Å²) >= 11 is 0. The summed E-state index contributed by atoms with van der Waals surface area (Å²) in [7, 11) is 0. The summed E-state index contributed by atoms with van der Waals surface area (Å²) < 4.78 is 2.00. The van der Waals surface area contributed by atoms with Gasteiger partial charge < -0.3 is 9.51 Å². The fourth-order valence-corrected chi connectivity index (χ4v) is 1.54. The second-order valence-corrected chi connectivity index (χ2v) is 4.51. The van der Waals surface area contributed by atoms with E-state index < -0.39 is 0 Å². The molecule has 0 aliphatic carbocycles. The van der Waals surface area contributed by atoms with Crippen LogP contribution in [0.1, 0.15) is 26.6 Å². The van der Waals surface area contributed by atoms with E-state index >= 15 is 0 Å². The largest absolute Gasteiger partial charge is 0.508 e. The third-order valence-electron chi connectivity index (χ3n) is 2.19. The van der Waals surface area contributed by atoms with Crippen molar-refractivity contribution in [3.8, 4) is 5.75 Å². The second-order valence-electron chi connectivity index (χ2n) is 4.51. The number of hydrogen-bond acceptors (Lipinski definition) is 2. The molecular weight excluding hydrogens is 176 g/mol. The lowest BCUT2D eigenvalue weighted by molar-refractivity contribution is 0.474. The van der Waals surface area contributed by atoms with Crippen LogP contribution in [0.25, 0.3) is 5.52 Å². The van der Waals surface area contributed by atoms with Gasteiger partial charge in [-0.2, -0.15) is 0 Å². The highest BCUT2D eigenvalue weighted by Gasteiger charge is 2.19. The predicted molar refractivity (Wildman–Crippen MR) is 55.6 cm³/mol. The molecule has 0 unspecified atom stereocenters. The van der Waals surface area contributed by atoms with Gasteiger partial charge in [0.05, 0.1) is 11.7 Å². The Balaban J connectivity index is 2.70. The van der Waals surface area contributed by atoms with Gasteiger partial charge in [-0.3, -0.25) is 0 Å². The van der Waals surface area contributed by atoms with E-state index in [1.807, 2.05) is 10.6 Å². The lowest BCUT2D eigenvalue weighted by Gasteiger charge is -2.16. The Kier molecular flexibility index (Phi) is 1.77. The van der Waals surface area contributed by atoms with Crippen molar-refractivity contribution in [2.45, 2.75) is 26.2 Å². The number of rotatable bonds is 0. The quantitative estimate of drug-likeness (QED) is 0.692. The van der Waals surface area contributed by atoms with Gasteiger partial charge in [0.2, 0.25) is 0 Å². The van der Waals surface area contributed by atoms with Gasteiger partial charge in [-0.05, 0) is 6.07 Å². The van der Waals surface area contributed by atoms with Crippen LogP contribution in [0.2, 0.25) is 0 Å². The van der Waals surface area contributed by atoms with E-state index in [1.54, 1.807) is 18.3 Å². The molecule has 0 fully saturated rings. The summed E-state index contributed by atoms with van der Waals surface area (Å²) in [5.41, 5.74) is 0.943. The minimum Gasteiger partial charge on any atom is -0.508 e. The van der Waals surface area contributed by atoms with Crippen molar-refractivity contribution in [1.82, 2.24) is 9.38 Å². The minimum atomic E-state index is 0.0173. The van der Waals surface area contributed by atoms with Gasteiger partial charge in [0.1, 0.15) is 11.6 Å². The van der Waals surface area contributed by atoms with Crippen LogP contribution in [-0.4, -0.2) is 14.5 Å². The van der Waals surface area contributed by atoms with Gasteiger partial charge in [-0.25, -0.2) is 4.98 Å². The van der Waals surface area contributed by atoms with E-state index in [9.17, 15) is 5.11 Å². The van der Waals surface area contributed by atoms with E-state index in [4.69, 9.17) is 0 Å². The van der Waals surface area contributed by atoms with E-state index in [0.717, 1.165) is 11.3 Å². The smallest absolute Gasteiger partial charge is 0.119 e. The average molecular weight is 190 g/mol. The average Bonchev–Trinajstić information content (AvgIpc) is 2.45. The van der Waals surface area contributed by atoms with Crippen LogP contribution in [0.15, 0.2) is 24.5 Å². The molecule has 1 N–H and O–H groups in total. The first-order valence-corrected chi connectivity index (χ1v) is 4.65. The highest BCUT2D eigenvalue weighted by atomic mass is 16.3. The van der Waals surface area contributed by atoms with Crippen LogP contribution in [0.3, 0.4) is 0 Å². The maximum absolute atomic E-state index is 9.30. The molecule has 0 bridgehead atoms. The first-order valence-electron chi connectivity index (χ1n) is 4.65. The molecule has 2 aromatic rings. The first-order chi connectivity index (χ1) is 6.48. The van der Waals surface area contributed by atoms with E-state index in [-0.39, 0.29) is 11.2 Å². The van der Waals surface area contributed by atoms with Crippen LogP contribution in [0.4, 0.5) is 0 Å². The maximum Gasteiger partial charge on any atom is 0.119 e. The van der Waals surface area contributed by atoms with E-state index in [2.05, 4.69) is 25.8 Å². The molecule has 0 saturated carbocycles. The summed E-state index contributed by atoms with van der Waals surface area (Å²) in [6.45, 7) is 6.36. The Morgan fingerprint density at radius 1 is 1.36 bits per heavy atom. The molecule has 2 aromatic heterocycles. The highest BCUT2D eigenvalue weighted by molar-refractivity contribution is 5.50. The summed E-state index contributed by atoms with van der Waals surface area (Å²) in [6.07, 6.45) is 3.62. The van der Waals surface area contributed by atoms with Gasteiger partial charge in [0, 0.05) is 17.7 Å². The van der Waals surface area contributed by atoms with Crippen LogP contribution in [-0.2, 0) is 5.41 Å². The Hall–Kier alpha value is -1.51. The molecule has 0 spiro atoms. The fraction of sp³-hybridized carbons (Fsp3) is 0.364. The van der Waals surface area contributed by atoms with Crippen molar-refractivity contribution in [2.24, 2.45) is 0 Å². The summed E-state index contributed by atoms with van der Waals surface area (Å²) in [5, 5.41) is 9.30. The second kappa shape index (κ2) is 2.74. The van der Waals surface area contributed by atoms with Gasteiger partial charge in [-0.1, -0.05) is 20.8 Å². The molecule has 3 heteroatoms. The number of nitrogens with zero attached hydrogens (tertiary/aromatic N) is 2. The first kappa shape index (κ1) is 9.06. The van der Waals surface area contributed by atoms with Crippen LogP contribution >= 0.6 is 0 Å². The third-order valence-corrected chi connectivity index (χ3v) is 2.19. The molecule has 2 heterocycles. The number of hydrogen-bond donors (Lipinski definition) is 1. The SMILES string of the molecule is CC(C)(C)c1ncc2cc(O)ccn12. The van der Waals surface area contributed by atoms with Gasteiger partial charge >= 0.3 is 0 Å². The monoisotopic (exact) mass is 190 g/mol. The molecule has 0 radical (unpaired) electrons. The van der Waals surface area contributed by atoms with E-state index in [1.165, 1.54) is 0 Å². The number of aromatic hydroxyl groups is 1. The standard InChI is InChI=1S/C11H14N2O/c1-11(2,3)10-12-7-8-6-9(14)4-5-13(8)10/h4-7,14H,1-3H3. The maximum atomic E-state index is 9.30. The summed E-state index contributed by atoms with van der Waals surface area (Å²) in [6, 6.07) is 3.38. The molecule has 0 aliphatic rings. The number of imidazole rings is 1. The topological polar surface area (TPSA) is 37.5 Å². The molecule has 0 atom stereocenters. The van der Waals surface area contributed by atoms with Crippen molar-refractivity contribution >= 4 is 5.52 Å². The number of aromatic nitrogens is 2. The van der Waals surface area contributed by atoms with Crippen LogP contribution < -0.4 is 0 Å². The van der Waals surface area contributed by atoms with Crippen LogP contribution in [0, 0.1) is 0 Å². The molecule has 0 aliphatic heterocycles. The summed E-state index contributed by atoms with van der Waals surface area (Å²) in [4.78, 5) is 4.36. The van der Waals surface area contributed by atoms with Crippen molar-refractivity contribution in [3.05, 3.63) is 30.4 Å². The van der Waals surface area contributed by atoms with Gasteiger partial charge in [-0.15, -0.1) is 0 Å². The van der Waals surface area contributed by atoms with Crippen LogP contribution in [0.5, 0.6) is 5.75 Å². The van der Waals surface area contributed by atoms with Crippen molar-refractivity contribution < 1.29 is 5.11 Å². The molecule has 0 aromatic carbocycles. The normalized spacial score (nSPS) is 12.2. The molecule has 74 valence electrons. The number of pyridine rings is 1. The highest BCUT2D eigenvalue weighted by Crippen LogP contribution is 2.23. The Morgan fingerprint density at radius 3 is 2.71 bits per heavy atom. The lowest BCUT2D eigenvalue weighted by atomic mass is 9.96. The zero-order chi connectivity index (χ0) is 10.3. The number of fused-ring (bicyclic) bond motifs is 1. The minimum absolute atomic E-state index is 0.0173. The van der Waals surface area contributed by atoms with Gasteiger partial charge in [0.25, 0.3) is 0 Å². The molecule has 0 amide bonds. The zero-order valence-corrected chi connectivity index (χ0v) is 8.65. The molecule has 0 saturated heterocycles. The van der Waals surface area contributed by atoms with Crippen molar-refractivity contribution in [2.75, 3.05) is 0 Å². The van der Waals surface area contributed by atoms with Crippen molar-refractivity contribution in [1.29, 1.82) is 0 Å². The Morgan fingerprint density at radius 2 is 2.07 bits per heavy atom. The molecule has 2 rings (SSSR count). The third kappa shape index (κ3) is 1.35. The molecule has 14 heavy (non-hydrogen) atoms. The Labute approximate surface area is 83.0 Å². The van der Waals surface area contributed by atoms with E-state index in [0.29, 0.717) is 0 Å². The molecular formula is C11H14N2O.